The van der Waals surface area contributed by atoms with Crippen LogP contribution in [-0.2, 0) is 0 Å². The number of benzene rings is 10. The zero-order valence-electron chi connectivity index (χ0n) is 37.0. The molecule has 69 heavy (non-hydrogen) atoms. The van der Waals surface area contributed by atoms with Crippen LogP contribution in [0.3, 0.4) is 0 Å². The normalized spacial score (nSPS) is 11.5. The first kappa shape index (κ1) is 39.9. The molecule has 322 valence electrons. The van der Waals surface area contributed by atoms with Crippen molar-refractivity contribution in [2.45, 2.75) is 0 Å². The Morgan fingerprint density at radius 3 is 0.783 bits per heavy atom. The van der Waals surface area contributed by atoms with Gasteiger partial charge in [0.25, 0.3) is 0 Å². The molecule has 3 aromatic heterocycles. The number of hydrogen-bond donors (Lipinski definition) is 0. The Balaban J connectivity index is 1.17. The van der Waals surface area contributed by atoms with E-state index in [1.165, 1.54) is 0 Å². The molecule has 7 nitrogen and oxygen atoms in total. The molecule has 3 heterocycles. The summed E-state index contributed by atoms with van der Waals surface area (Å²) in [5.74, 6) is 3.50. The second-order valence-electron chi connectivity index (χ2n) is 17.0. The lowest BCUT2D eigenvalue weighted by Crippen LogP contribution is -2.01. The van der Waals surface area contributed by atoms with Crippen LogP contribution < -0.4 is 0 Å². The van der Waals surface area contributed by atoms with Crippen molar-refractivity contribution < 1.29 is 4.42 Å². The maximum Gasteiger partial charge on any atom is 0.164 e. The third kappa shape index (κ3) is 7.08. The fourth-order valence-electron chi connectivity index (χ4n) is 9.54. The lowest BCUT2D eigenvalue weighted by molar-refractivity contribution is 0.666. The third-order valence-electron chi connectivity index (χ3n) is 12.8. The van der Waals surface area contributed by atoms with Crippen molar-refractivity contribution in [2.24, 2.45) is 0 Å². The summed E-state index contributed by atoms with van der Waals surface area (Å²) in [7, 11) is 0. The summed E-state index contributed by atoms with van der Waals surface area (Å²) in [5, 5.41) is 5.87. The zero-order valence-corrected chi connectivity index (χ0v) is 37.0. The number of fused-ring (bicyclic) bond motifs is 1. The summed E-state index contributed by atoms with van der Waals surface area (Å²) in [4.78, 5) is 31.1. The fourth-order valence-corrected chi connectivity index (χ4v) is 9.54. The maximum atomic E-state index is 7.67. The van der Waals surface area contributed by atoms with Crippen molar-refractivity contribution in [3.63, 3.8) is 0 Å². The Bertz CT molecular complexity index is 3660. The van der Waals surface area contributed by atoms with Crippen LogP contribution in [0.4, 0.5) is 0 Å². The highest BCUT2D eigenvalue weighted by atomic mass is 16.3. The minimum Gasteiger partial charge on any atom is -0.455 e. The van der Waals surface area contributed by atoms with E-state index in [4.69, 9.17) is 34.3 Å². The Labute approximate surface area is 397 Å². The topological polar surface area (TPSA) is 90.5 Å². The van der Waals surface area contributed by atoms with Gasteiger partial charge in [0, 0.05) is 55.3 Å². The highest BCUT2D eigenvalue weighted by Crippen LogP contribution is 2.48. The van der Waals surface area contributed by atoms with Crippen LogP contribution >= 0.6 is 0 Å². The molecule has 0 aliphatic rings. The van der Waals surface area contributed by atoms with Gasteiger partial charge in [0.2, 0.25) is 0 Å². The Morgan fingerprint density at radius 2 is 0.478 bits per heavy atom. The quantitative estimate of drug-likeness (QED) is 0.150. The first-order chi connectivity index (χ1) is 34.2. The summed E-state index contributed by atoms with van der Waals surface area (Å²) in [5.41, 5.74) is 10.7. The molecule has 0 aliphatic carbocycles. The third-order valence-corrected chi connectivity index (χ3v) is 12.8. The van der Waals surface area contributed by atoms with Crippen molar-refractivity contribution in [2.75, 3.05) is 0 Å². The molecule has 13 rings (SSSR count). The predicted octanol–water partition coefficient (Wildman–Crippen LogP) is 15.6. The summed E-state index contributed by atoms with van der Waals surface area (Å²) in [6.45, 7) is 0. The molecule has 0 unspecified atom stereocenters. The van der Waals surface area contributed by atoms with Crippen molar-refractivity contribution >= 4 is 43.5 Å². The molecule has 0 spiro atoms. The van der Waals surface area contributed by atoms with Crippen LogP contribution in [0.5, 0.6) is 0 Å². The number of hydrogen-bond acceptors (Lipinski definition) is 7. The van der Waals surface area contributed by atoms with E-state index in [1.807, 2.05) is 133 Å². The number of nitrogens with zero attached hydrogens (tertiary/aromatic N) is 6. The van der Waals surface area contributed by atoms with Crippen molar-refractivity contribution in [1.29, 1.82) is 0 Å². The van der Waals surface area contributed by atoms with Gasteiger partial charge >= 0.3 is 0 Å². The van der Waals surface area contributed by atoms with E-state index >= 15 is 0 Å². The second-order valence-corrected chi connectivity index (χ2v) is 17.0. The summed E-state index contributed by atoms with van der Waals surface area (Å²) in [6.07, 6.45) is 0. The average molecular weight is 883 g/mol. The van der Waals surface area contributed by atoms with Gasteiger partial charge in [0.1, 0.15) is 11.2 Å². The summed E-state index contributed by atoms with van der Waals surface area (Å²) >= 11 is 0. The Morgan fingerprint density at radius 1 is 0.217 bits per heavy atom. The summed E-state index contributed by atoms with van der Waals surface area (Å²) < 4.78 is 7.67. The monoisotopic (exact) mass is 882 g/mol. The van der Waals surface area contributed by atoms with Gasteiger partial charge in [-0.1, -0.05) is 218 Å². The van der Waals surface area contributed by atoms with E-state index in [0.29, 0.717) is 34.9 Å². The van der Waals surface area contributed by atoms with E-state index in [0.717, 1.165) is 99.1 Å². The first-order valence-electron chi connectivity index (χ1n) is 22.9. The number of rotatable bonds is 8. The molecule has 7 heteroatoms. The molecule has 10 aromatic carbocycles. The molecule has 0 fully saturated rings. The van der Waals surface area contributed by atoms with Gasteiger partial charge in [0.05, 0.1) is 0 Å². The molecule has 0 N–H and O–H groups in total. The van der Waals surface area contributed by atoms with Crippen LogP contribution in [0.25, 0.3) is 134 Å². The maximum absolute atomic E-state index is 7.67. The molecule has 0 saturated heterocycles. The largest absolute Gasteiger partial charge is 0.455 e. The zero-order chi connectivity index (χ0) is 45.7. The van der Waals surface area contributed by atoms with Crippen molar-refractivity contribution in [3.05, 3.63) is 231 Å². The lowest BCUT2D eigenvalue weighted by atomic mass is 9.91. The van der Waals surface area contributed by atoms with Gasteiger partial charge < -0.3 is 4.42 Å². The fraction of sp³-hybridized carbons (Fsp3) is 0. The Hall–Kier alpha value is -9.46. The smallest absolute Gasteiger partial charge is 0.164 e. The second kappa shape index (κ2) is 16.8. The highest BCUT2D eigenvalue weighted by molar-refractivity contribution is 6.29. The predicted molar refractivity (Wildman–Crippen MR) is 279 cm³/mol. The lowest BCUT2D eigenvalue weighted by Gasteiger charge is -2.14. The molecule has 0 amide bonds. The van der Waals surface area contributed by atoms with E-state index in [9.17, 15) is 0 Å². The highest BCUT2D eigenvalue weighted by Gasteiger charge is 2.25. The minimum atomic E-state index is 0.564. The number of aromatic nitrogens is 6. The van der Waals surface area contributed by atoms with E-state index in [-0.39, 0.29) is 0 Å². The first-order valence-corrected chi connectivity index (χ1v) is 22.9. The van der Waals surface area contributed by atoms with Gasteiger partial charge in [-0.05, 0) is 44.8 Å². The molecule has 0 saturated carbocycles. The van der Waals surface area contributed by atoms with Crippen LogP contribution in [-0.4, -0.2) is 29.9 Å². The molecule has 0 aliphatic heterocycles. The minimum absolute atomic E-state index is 0.564. The van der Waals surface area contributed by atoms with Crippen LogP contribution in [0.1, 0.15) is 0 Å². The van der Waals surface area contributed by atoms with E-state index in [1.54, 1.807) is 0 Å². The van der Waals surface area contributed by atoms with Gasteiger partial charge in [-0.15, -0.1) is 0 Å². The molecule has 0 atom stereocenters. The van der Waals surface area contributed by atoms with E-state index < -0.39 is 0 Å². The van der Waals surface area contributed by atoms with Gasteiger partial charge in [0.15, 0.2) is 34.9 Å². The molecule has 13 aromatic rings. The molecular formula is C62H38N6O. The standard InChI is InChI=1S/C62H38N6O/c1-7-21-39(22-8-1)49-37-51(61-65-57(41-25-11-3-12-26-41)63-58(66-61)42-27-13-4-14-28-42)47-35-19-33-45-46-34-20-36-48-52(38-50(40-23-9-2-10-24-40)56(54(46)48)69-55(49)53(45)47)62-67-59(43-29-15-5-16-30-43)64-60(68-62)44-31-17-6-18-32-44/h1-38H. The Kier molecular flexibility index (Phi) is 9.68. The van der Waals surface area contributed by atoms with Gasteiger partial charge in [-0.25, -0.2) is 29.9 Å². The molecule has 0 bridgehead atoms. The SMILES string of the molecule is c1ccc(-c2nc(-c3ccccc3)nc(-c3cc(-c4ccccc4)c4oc5c(-c6ccccc6)cc(-c6nc(-c7ccccc7)nc(-c7ccccc7)n6)c6cccc(c7cccc3c47)c65)n2)cc1. The molecular weight excluding hydrogens is 845 g/mol. The van der Waals surface area contributed by atoms with Crippen molar-refractivity contribution in [3.8, 4) is 90.6 Å². The van der Waals surface area contributed by atoms with E-state index in [2.05, 4.69) is 97.1 Å². The molecule has 0 radical (unpaired) electrons. The van der Waals surface area contributed by atoms with Gasteiger partial charge in [-0.3, -0.25) is 0 Å². The van der Waals surface area contributed by atoms with Crippen LogP contribution in [0, 0.1) is 0 Å². The van der Waals surface area contributed by atoms with Crippen molar-refractivity contribution in [1.82, 2.24) is 29.9 Å². The van der Waals surface area contributed by atoms with Crippen LogP contribution in [0.15, 0.2) is 235 Å². The van der Waals surface area contributed by atoms with Gasteiger partial charge in [-0.2, -0.15) is 0 Å². The average Bonchev–Trinajstić information content (AvgIpc) is 3.58. The summed E-state index contributed by atoms with van der Waals surface area (Å²) in [6, 6.07) is 78.7. The van der Waals surface area contributed by atoms with Crippen LogP contribution in [0.2, 0.25) is 0 Å².